The van der Waals surface area contributed by atoms with Crippen LogP contribution >= 0.6 is 0 Å². The van der Waals surface area contributed by atoms with Gasteiger partial charge >= 0.3 is 0 Å². The Morgan fingerprint density at radius 3 is 2.75 bits per heavy atom. The van der Waals surface area contributed by atoms with Crippen LogP contribution in [0.5, 0.6) is 0 Å². The molecule has 2 fully saturated rings. The molecule has 84 valence electrons. The lowest BCUT2D eigenvalue weighted by Crippen LogP contribution is -2.50. The third-order valence-corrected chi connectivity index (χ3v) is 4.72. The molecule has 5 atom stereocenters. The molecule has 1 N–H and O–H groups in total. The highest BCUT2D eigenvalue weighted by Crippen LogP contribution is 2.49. The van der Waals surface area contributed by atoms with E-state index >= 15 is 0 Å². The number of aliphatic hydroxyl groups excluding tert-OH is 1. The van der Waals surface area contributed by atoms with Gasteiger partial charge in [-0.3, -0.25) is 4.90 Å². The molecule has 4 aliphatic rings. The van der Waals surface area contributed by atoms with Crippen molar-refractivity contribution in [3.8, 4) is 0 Å². The highest BCUT2D eigenvalue weighted by Gasteiger charge is 2.45. The number of piperidine rings is 2. The minimum absolute atomic E-state index is 0.234. The van der Waals surface area contributed by atoms with Gasteiger partial charge in [0.1, 0.15) is 6.23 Å². The van der Waals surface area contributed by atoms with Crippen molar-refractivity contribution in [2.75, 3.05) is 13.1 Å². The van der Waals surface area contributed by atoms with Crippen LogP contribution in [-0.4, -0.2) is 29.3 Å². The van der Waals surface area contributed by atoms with E-state index < -0.39 is 0 Å². The third-order valence-electron chi connectivity index (χ3n) is 4.72. The molecule has 0 aromatic heterocycles. The minimum atomic E-state index is -0.234. The van der Waals surface area contributed by atoms with Crippen molar-refractivity contribution in [1.29, 1.82) is 0 Å². The van der Waals surface area contributed by atoms with Crippen molar-refractivity contribution in [1.82, 2.24) is 4.90 Å². The number of aliphatic hydroxyl groups is 1. The van der Waals surface area contributed by atoms with E-state index in [1.807, 2.05) is 0 Å². The zero-order valence-electron chi connectivity index (χ0n) is 9.34. The molecule has 2 heteroatoms. The predicted octanol–water partition coefficient (Wildman–Crippen LogP) is 1.91. The summed E-state index contributed by atoms with van der Waals surface area (Å²) in [6.45, 7) is 2.17. The Hall–Kier alpha value is -0.860. The fourth-order valence-electron chi connectivity index (χ4n) is 4.10. The molecule has 3 heterocycles. The van der Waals surface area contributed by atoms with E-state index in [4.69, 9.17) is 0 Å². The number of nitrogens with zero attached hydrogens (tertiary/aromatic N) is 1. The lowest BCUT2D eigenvalue weighted by molar-refractivity contribution is -0.0745. The SMILES string of the molecule is OC1[C@@H]2C[C@H]3C[C@H](CN1C3)c1ccccc12. The molecular weight excluding hydrogens is 198 g/mol. The summed E-state index contributed by atoms with van der Waals surface area (Å²) in [7, 11) is 0. The summed E-state index contributed by atoms with van der Waals surface area (Å²) >= 11 is 0. The Labute approximate surface area is 95.9 Å². The summed E-state index contributed by atoms with van der Waals surface area (Å²) in [5.41, 5.74) is 2.93. The molecule has 2 saturated heterocycles. The van der Waals surface area contributed by atoms with Gasteiger partial charge in [0.15, 0.2) is 0 Å². The van der Waals surface area contributed by atoms with Crippen molar-refractivity contribution in [2.45, 2.75) is 30.9 Å². The molecule has 2 unspecified atom stereocenters. The number of benzene rings is 1. The van der Waals surface area contributed by atoms with E-state index in [-0.39, 0.29) is 6.23 Å². The molecule has 0 spiro atoms. The van der Waals surface area contributed by atoms with Gasteiger partial charge < -0.3 is 5.11 Å². The van der Waals surface area contributed by atoms with E-state index in [0.717, 1.165) is 19.0 Å². The monoisotopic (exact) mass is 215 g/mol. The van der Waals surface area contributed by atoms with E-state index in [1.54, 1.807) is 0 Å². The van der Waals surface area contributed by atoms with Gasteiger partial charge in [0.05, 0.1) is 0 Å². The second kappa shape index (κ2) is 3.08. The van der Waals surface area contributed by atoms with Gasteiger partial charge in [0.2, 0.25) is 0 Å². The lowest BCUT2D eigenvalue weighted by atomic mass is 9.81. The molecule has 0 amide bonds. The van der Waals surface area contributed by atoms with Crippen LogP contribution in [-0.2, 0) is 0 Å². The summed E-state index contributed by atoms with van der Waals surface area (Å²) in [6.07, 6.45) is 2.28. The Balaban J connectivity index is 1.92. The van der Waals surface area contributed by atoms with Crippen LogP contribution in [0.15, 0.2) is 24.3 Å². The Bertz CT molecular complexity index is 430. The fourth-order valence-corrected chi connectivity index (χ4v) is 4.10. The number of hydrogen-bond donors (Lipinski definition) is 1. The maximum Gasteiger partial charge on any atom is 0.114 e. The lowest BCUT2D eigenvalue weighted by Gasteiger charge is -2.44. The molecule has 0 saturated carbocycles. The van der Waals surface area contributed by atoms with Gasteiger partial charge in [-0.25, -0.2) is 0 Å². The van der Waals surface area contributed by atoms with E-state index in [1.165, 1.54) is 24.0 Å². The highest BCUT2D eigenvalue weighted by atomic mass is 16.3. The van der Waals surface area contributed by atoms with Crippen LogP contribution in [0.4, 0.5) is 0 Å². The van der Waals surface area contributed by atoms with Crippen LogP contribution in [0.3, 0.4) is 0 Å². The fraction of sp³-hybridized carbons (Fsp3) is 0.571. The maximum absolute atomic E-state index is 10.4. The van der Waals surface area contributed by atoms with Gasteiger partial charge in [0, 0.05) is 19.0 Å². The van der Waals surface area contributed by atoms with Crippen molar-refractivity contribution in [3.05, 3.63) is 35.4 Å². The van der Waals surface area contributed by atoms with Crippen LogP contribution in [0.2, 0.25) is 0 Å². The van der Waals surface area contributed by atoms with Gasteiger partial charge in [0.25, 0.3) is 0 Å². The zero-order chi connectivity index (χ0) is 10.7. The first-order valence-corrected chi connectivity index (χ1v) is 6.34. The average molecular weight is 215 g/mol. The minimum Gasteiger partial charge on any atom is -0.378 e. The molecule has 3 aliphatic heterocycles. The Kier molecular flexibility index (Phi) is 1.77. The summed E-state index contributed by atoms with van der Waals surface area (Å²) in [6, 6.07) is 8.77. The second-order valence-electron chi connectivity index (χ2n) is 5.64. The van der Waals surface area contributed by atoms with Gasteiger partial charge in [-0.05, 0) is 35.8 Å². The standard InChI is InChI=1S/C14H17NO/c16-14-13-6-9-5-10(8-15(14)7-9)11-3-1-2-4-12(11)13/h1-4,9-10,13-14,16H,5-8H2/t9-,10-,13-,14?/m1/s1. The first-order valence-electron chi connectivity index (χ1n) is 6.34. The van der Waals surface area contributed by atoms with Crippen molar-refractivity contribution < 1.29 is 5.11 Å². The quantitative estimate of drug-likeness (QED) is 0.714. The smallest absolute Gasteiger partial charge is 0.114 e. The summed E-state index contributed by atoms with van der Waals surface area (Å²) in [5, 5.41) is 10.4. The van der Waals surface area contributed by atoms with Crippen molar-refractivity contribution >= 4 is 0 Å². The summed E-state index contributed by atoms with van der Waals surface area (Å²) in [5.74, 6) is 1.83. The van der Waals surface area contributed by atoms with Crippen molar-refractivity contribution in [3.63, 3.8) is 0 Å². The molecule has 1 aromatic rings. The third kappa shape index (κ3) is 1.09. The molecule has 0 radical (unpaired) electrons. The summed E-state index contributed by atoms with van der Waals surface area (Å²) in [4.78, 5) is 2.30. The first-order chi connectivity index (χ1) is 7.83. The van der Waals surface area contributed by atoms with Crippen LogP contribution < -0.4 is 0 Å². The van der Waals surface area contributed by atoms with Crippen LogP contribution in [0.1, 0.15) is 35.8 Å². The molecule has 5 rings (SSSR count). The van der Waals surface area contributed by atoms with Gasteiger partial charge in [-0.1, -0.05) is 24.3 Å². The van der Waals surface area contributed by atoms with E-state index in [9.17, 15) is 5.11 Å². The van der Waals surface area contributed by atoms with E-state index in [2.05, 4.69) is 29.2 Å². The molecule has 4 bridgehead atoms. The number of hydrogen-bond acceptors (Lipinski definition) is 2. The normalized spacial score (nSPS) is 44.2. The molecule has 1 aliphatic carbocycles. The van der Waals surface area contributed by atoms with Crippen LogP contribution in [0, 0.1) is 5.92 Å². The van der Waals surface area contributed by atoms with E-state index in [0.29, 0.717) is 11.8 Å². The molecule has 16 heavy (non-hydrogen) atoms. The largest absolute Gasteiger partial charge is 0.378 e. The first kappa shape index (κ1) is 9.20. The summed E-state index contributed by atoms with van der Waals surface area (Å²) < 4.78 is 0. The molecule has 2 nitrogen and oxygen atoms in total. The Morgan fingerprint density at radius 2 is 1.88 bits per heavy atom. The van der Waals surface area contributed by atoms with Gasteiger partial charge in [-0.15, -0.1) is 0 Å². The Morgan fingerprint density at radius 1 is 1.06 bits per heavy atom. The average Bonchev–Trinajstić information content (AvgIpc) is 2.47. The topological polar surface area (TPSA) is 23.5 Å². The maximum atomic E-state index is 10.4. The number of rotatable bonds is 0. The van der Waals surface area contributed by atoms with Crippen molar-refractivity contribution in [2.24, 2.45) is 5.92 Å². The van der Waals surface area contributed by atoms with Gasteiger partial charge in [-0.2, -0.15) is 0 Å². The molecular formula is C14H17NO. The molecule has 1 aromatic carbocycles. The second-order valence-corrected chi connectivity index (χ2v) is 5.64. The predicted molar refractivity (Wildman–Crippen MR) is 62.2 cm³/mol. The zero-order valence-corrected chi connectivity index (χ0v) is 9.34. The van der Waals surface area contributed by atoms with Crippen LogP contribution in [0.25, 0.3) is 0 Å². The highest BCUT2D eigenvalue weighted by molar-refractivity contribution is 5.38.